The van der Waals surface area contributed by atoms with E-state index in [0.717, 1.165) is 5.56 Å². The Morgan fingerprint density at radius 2 is 1.95 bits per heavy atom. The lowest BCUT2D eigenvalue weighted by molar-refractivity contribution is 0.0697. The molecule has 5 nitrogen and oxygen atoms in total. The second-order valence-corrected chi connectivity index (χ2v) is 3.94. The molecule has 1 aromatic rings. The van der Waals surface area contributed by atoms with Crippen LogP contribution in [-0.4, -0.2) is 35.6 Å². The molecule has 0 bridgehead atoms. The Hall–Kier alpha value is -2.48. The zero-order valence-electron chi connectivity index (χ0n) is 10.9. The highest BCUT2D eigenvalue weighted by molar-refractivity contribution is 5.87. The lowest BCUT2D eigenvalue weighted by Gasteiger charge is -2.15. The van der Waals surface area contributed by atoms with Crippen LogP contribution in [-0.2, 0) is 6.54 Å². The van der Waals surface area contributed by atoms with Crippen LogP contribution in [0, 0.1) is 11.8 Å². The lowest BCUT2D eigenvalue weighted by Crippen LogP contribution is -2.37. The van der Waals surface area contributed by atoms with Crippen molar-refractivity contribution in [3.8, 4) is 11.8 Å². The lowest BCUT2D eigenvalue weighted by atomic mass is 10.1. The number of carboxylic acids is 1. The van der Waals surface area contributed by atoms with Crippen LogP contribution >= 0.6 is 0 Å². The fourth-order valence-electron chi connectivity index (χ4n) is 1.35. The molecule has 1 rings (SSSR count). The number of aromatic carboxylic acids is 1. The van der Waals surface area contributed by atoms with Gasteiger partial charge in [0, 0.05) is 13.6 Å². The molecule has 0 fully saturated rings. The number of carboxylic acid groups (broad SMARTS) is 1. The smallest absolute Gasteiger partial charge is 0.335 e. The maximum absolute atomic E-state index is 11.7. The van der Waals surface area contributed by atoms with Crippen LogP contribution in [0.4, 0.5) is 4.79 Å². The highest BCUT2D eigenvalue weighted by Crippen LogP contribution is 2.04. The molecule has 0 aromatic heterocycles. The Balaban J connectivity index is 2.49. The topological polar surface area (TPSA) is 69.6 Å². The second-order valence-electron chi connectivity index (χ2n) is 3.94. The first-order chi connectivity index (χ1) is 9.04. The number of amides is 2. The van der Waals surface area contributed by atoms with Crippen molar-refractivity contribution in [2.45, 2.75) is 13.5 Å². The van der Waals surface area contributed by atoms with Crippen LogP contribution in [0.3, 0.4) is 0 Å². The maximum atomic E-state index is 11.7. The van der Waals surface area contributed by atoms with Crippen LogP contribution in [0.5, 0.6) is 0 Å². The number of carbonyl (C=O) groups excluding carboxylic acids is 1. The van der Waals surface area contributed by atoms with Crippen LogP contribution < -0.4 is 5.32 Å². The number of nitrogens with one attached hydrogen (secondary N) is 1. The van der Waals surface area contributed by atoms with Gasteiger partial charge in [-0.3, -0.25) is 0 Å². The van der Waals surface area contributed by atoms with E-state index in [-0.39, 0.29) is 11.6 Å². The van der Waals surface area contributed by atoms with E-state index < -0.39 is 5.97 Å². The molecule has 0 saturated carbocycles. The Bertz CT molecular complexity index is 512. The monoisotopic (exact) mass is 260 g/mol. The van der Waals surface area contributed by atoms with Gasteiger partial charge in [0.25, 0.3) is 0 Å². The first-order valence-corrected chi connectivity index (χ1v) is 5.75. The van der Waals surface area contributed by atoms with Crippen LogP contribution in [0.2, 0.25) is 0 Å². The number of urea groups is 1. The normalized spacial score (nSPS) is 9.16. The maximum Gasteiger partial charge on any atom is 0.335 e. The number of rotatable bonds is 4. The van der Waals surface area contributed by atoms with Crippen LogP contribution in [0.25, 0.3) is 0 Å². The fourth-order valence-corrected chi connectivity index (χ4v) is 1.35. The molecule has 0 heterocycles. The molecule has 0 aliphatic rings. The standard InChI is InChI=1S/C14H16N2O3/c1-3-4-9-16(2)14(19)15-10-11-5-7-12(8-6-11)13(17)18/h5-8H,9-10H2,1-2H3,(H,15,19)(H,17,18). The second kappa shape index (κ2) is 7.07. The first-order valence-electron chi connectivity index (χ1n) is 5.75. The molecule has 0 unspecified atom stereocenters. The summed E-state index contributed by atoms with van der Waals surface area (Å²) in [7, 11) is 1.66. The van der Waals surface area contributed by atoms with E-state index in [1.54, 1.807) is 26.1 Å². The van der Waals surface area contributed by atoms with E-state index in [9.17, 15) is 9.59 Å². The van der Waals surface area contributed by atoms with Crippen LogP contribution in [0.1, 0.15) is 22.8 Å². The Morgan fingerprint density at radius 1 is 1.32 bits per heavy atom. The van der Waals surface area contributed by atoms with E-state index >= 15 is 0 Å². The fraction of sp³-hybridized carbons (Fsp3) is 0.286. The highest BCUT2D eigenvalue weighted by Gasteiger charge is 2.06. The molecule has 2 N–H and O–H groups in total. The molecule has 0 aliphatic heterocycles. The van der Waals surface area contributed by atoms with E-state index in [2.05, 4.69) is 17.2 Å². The number of nitrogens with zero attached hydrogens (tertiary/aromatic N) is 1. The Kier molecular flexibility index (Phi) is 5.42. The van der Waals surface area contributed by atoms with Crippen molar-refractivity contribution >= 4 is 12.0 Å². The van der Waals surface area contributed by atoms with Gasteiger partial charge in [-0.15, -0.1) is 5.92 Å². The van der Waals surface area contributed by atoms with Crippen molar-refractivity contribution in [3.63, 3.8) is 0 Å². The van der Waals surface area contributed by atoms with Gasteiger partial charge in [-0.25, -0.2) is 9.59 Å². The van der Waals surface area contributed by atoms with Gasteiger partial charge >= 0.3 is 12.0 Å². The molecule has 0 aliphatic carbocycles. The molecule has 1 aromatic carbocycles. The molecule has 0 saturated heterocycles. The minimum absolute atomic E-state index is 0.218. The van der Waals surface area contributed by atoms with E-state index in [1.807, 2.05) is 0 Å². The van der Waals surface area contributed by atoms with Crippen molar-refractivity contribution < 1.29 is 14.7 Å². The molecule has 0 spiro atoms. The molecule has 2 amide bonds. The van der Waals surface area contributed by atoms with Gasteiger partial charge in [0.1, 0.15) is 0 Å². The molecule has 100 valence electrons. The Morgan fingerprint density at radius 3 is 2.47 bits per heavy atom. The number of benzene rings is 1. The SMILES string of the molecule is CC#CCN(C)C(=O)NCc1ccc(C(=O)O)cc1. The first kappa shape index (κ1) is 14.6. The molecule has 5 heteroatoms. The van der Waals surface area contributed by atoms with Gasteiger partial charge in [-0.2, -0.15) is 0 Å². The molecule has 19 heavy (non-hydrogen) atoms. The van der Waals surface area contributed by atoms with Crippen molar-refractivity contribution in [3.05, 3.63) is 35.4 Å². The highest BCUT2D eigenvalue weighted by atomic mass is 16.4. The zero-order valence-corrected chi connectivity index (χ0v) is 10.9. The zero-order chi connectivity index (χ0) is 14.3. The number of hydrogen-bond donors (Lipinski definition) is 2. The summed E-state index contributed by atoms with van der Waals surface area (Å²) in [6.07, 6.45) is 0. The third-order valence-corrected chi connectivity index (χ3v) is 2.48. The Labute approximate surface area is 112 Å². The van der Waals surface area contributed by atoms with E-state index in [0.29, 0.717) is 13.1 Å². The third kappa shape index (κ3) is 4.72. The summed E-state index contributed by atoms with van der Waals surface area (Å²) in [5, 5.41) is 11.5. The minimum atomic E-state index is -0.964. The van der Waals surface area contributed by atoms with E-state index in [1.165, 1.54) is 17.0 Å². The summed E-state index contributed by atoms with van der Waals surface area (Å²) in [5.41, 5.74) is 1.07. The summed E-state index contributed by atoms with van der Waals surface area (Å²) < 4.78 is 0. The third-order valence-electron chi connectivity index (χ3n) is 2.48. The van der Waals surface area contributed by atoms with Crippen LogP contribution in [0.15, 0.2) is 24.3 Å². The van der Waals surface area contributed by atoms with E-state index in [4.69, 9.17) is 5.11 Å². The molecular formula is C14H16N2O3. The molecule has 0 atom stereocenters. The van der Waals surface area contributed by atoms with Gasteiger partial charge in [0.2, 0.25) is 0 Å². The molecule has 0 radical (unpaired) electrons. The van der Waals surface area contributed by atoms with Crippen molar-refractivity contribution in [2.24, 2.45) is 0 Å². The van der Waals surface area contributed by atoms with Crippen molar-refractivity contribution in [1.82, 2.24) is 10.2 Å². The average Bonchev–Trinajstić information content (AvgIpc) is 2.42. The van der Waals surface area contributed by atoms with Gasteiger partial charge in [-0.05, 0) is 24.6 Å². The van der Waals surface area contributed by atoms with Gasteiger partial charge in [0.15, 0.2) is 0 Å². The number of carbonyl (C=O) groups is 2. The average molecular weight is 260 g/mol. The summed E-state index contributed by atoms with van der Waals surface area (Å²) in [6, 6.07) is 6.15. The van der Waals surface area contributed by atoms with Gasteiger partial charge in [-0.1, -0.05) is 18.1 Å². The summed E-state index contributed by atoms with van der Waals surface area (Å²) in [4.78, 5) is 23.8. The van der Waals surface area contributed by atoms with Crippen molar-refractivity contribution in [2.75, 3.05) is 13.6 Å². The number of hydrogen-bond acceptors (Lipinski definition) is 2. The van der Waals surface area contributed by atoms with Gasteiger partial charge < -0.3 is 15.3 Å². The van der Waals surface area contributed by atoms with Crippen molar-refractivity contribution in [1.29, 1.82) is 0 Å². The predicted octanol–water partition coefficient (Wildman–Crippen LogP) is 1.55. The van der Waals surface area contributed by atoms with Gasteiger partial charge in [0.05, 0.1) is 12.1 Å². The summed E-state index contributed by atoms with van der Waals surface area (Å²) >= 11 is 0. The minimum Gasteiger partial charge on any atom is -0.478 e. The summed E-state index contributed by atoms with van der Waals surface area (Å²) in [6.45, 7) is 2.44. The predicted molar refractivity (Wildman–Crippen MR) is 71.7 cm³/mol. The molecular weight excluding hydrogens is 244 g/mol. The largest absolute Gasteiger partial charge is 0.478 e. The summed E-state index contributed by atoms with van der Waals surface area (Å²) in [5.74, 6) is 4.55. The quantitative estimate of drug-likeness (QED) is 0.807.